The maximum absolute atomic E-state index is 13.3. The van der Waals surface area contributed by atoms with Crippen molar-refractivity contribution in [1.29, 1.82) is 0 Å². The number of hydrogen-bond acceptors (Lipinski definition) is 4. The van der Waals surface area contributed by atoms with E-state index in [1.54, 1.807) is 7.11 Å². The molecule has 6 nitrogen and oxygen atoms in total. The number of ether oxygens (including phenoxy) is 1. The first-order chi connectivity index (χ1) is 16.0. The average Bonchev–Trinajstić information content (AvgIpc) is 2.85. The second kappa shape index (κ2) is 11.2. The van der Waals surface area contributed by atoms with Gasteiger partial charge in [0.1, 0.15) is 0 Å². The summed E-state index contributed by atoms with van der Waals surface area (Å²) in [6, 6.07) is 10.0. The van der Waals surface area contributed by atoms with Gasteiger partial charge in [-0.2, -0.15) is 0 Å². The van der Waals surface area contributed by atoms with E-state index in [0.29, 0.717) is 18.0 Å². The molecule has 2 amide bonds. The van der Waals surface area contributed by atoms with Gasteiger partial charge >= 0.3 is 6.03 Å². The highest BCUT2D eigenvalue weighted by Crippen LogP contribution is 2.30. The van der Waals surface area contributed by atoms with Crippen LogP contribution in [-0.2, 0) is 4.74 Å². The van der Waals surface area contributed by atoms with Gasteiger partial charge in [0.15, 0.2) is 0 Å². The summed E-state index contributed by atoms with van der Waals surface area (Å²) in [5, 5.41) is 3.44. The van der Waals surface area contributed by atoms with E-state index in [0.717, 1.165) is 65.0 Å². The molecule has 1 saturated carbocycles. The van der Waals surface area contributed by atoms with Gasteiger partial charge in [-0.1, -0.05) is 29.8 Å². The number of nitrogens with one attached hydrogen (secondary N) is 1. The van der Waals surface area contributed by atoms with Crippen molar-refractivity contribution in [2.45, 2.75) is 83.0 Å². The van der Waals surface area contributed by atoms with Crippen LogP contribution in [0.2, 0.25) is 0 Å². The first-order valence-corrected chi connectivity index (χ1v) is 13.1. The normalized spacial score (nSPS) is 28.3. The van der Waals surface area contributed by atoms with Crippen molar-refractivity contribution in [3.05, 3.63) is 35.4 Å². The molecule has 4 rings (SSSR count). The third-order valence-corrected chi connectivity index (χ3v) is 8.28. The van der Waals surface area contributed by atoms with E-state index in [1.807, 2.05) is 4.90 Å². The number of methoxy groups -OCH3 is 1. The van der Waals surface area contributed by atoms with Gasteiger partial charge in [-0.15, -0.1) is 0 Å². The lowest BCUT2D eigenvalue weighted by Gasteiger charge is -2.47. The fourth-order valence-electron chi connectivity index (χ4n) is 6.07. The molecule has 0 spiro atoms. The molecular weight excluding hydrogens is 412 g/mol. The number of aryl methyl sites for hydroxylation is 1. The molecule has 0 aromatic heterocycles. The van der Waals surface area contributed by atoms with Crippen molar-refractivity contribution in [3.63, 3.8) is 0 Å². The van der Waals surface area contributed by atoms with E-state index in [9.17, 15) is 4.79 Å². The molecule has 2 unspecified atom stereocenters. The van der Waals surface area contributed by atoms with Crippen molar-refractivity contribution >= 4 is 6.03 Å². The van der Waals surface area contributed by atoms with Gasteiger partial charge in [0.25, 0.3) is 0 Å². The maximum Gasteiger partial charge on any atom is 0.317 e. The predicted octanol–water partition coefficient (Wildman–Crippen LogP) is 3.85. The highest BCUT2D eigenvalue weighted by Gasteiger charge is 2.40. The van der Waals surface area contributed by atoms with Gasteiger partial charge in [0.05, 0.1) is 12.1 Å². The van der Waals surface area contributed by atoms with Gasteiger partial charge in [0.2, 0.25) is 0 Å². The molecule has 6 heteroatoms. The Morgan fingerprint density at radius 2 is 1.64 bits per heavy atom. The highest BCUT2D eigenvalue weighted by atomic mass is 16.5. The van der Waals surface area contributed by atoms with E-state index in [-0.39, 0.29) is 18.2 Å². The molecule has 0 bridgehead atoms. The zero-order chi connectivity index (χ0) is 23.4. The summed E-state index contributed by atoms with van der Waals surface area (Å²) in [6.07, 6.45) is 5.51. The molecule has 1 aromatic carbocycles. The molecule has 1 N–H and O–H groups in total. The van der Waals surface area contributed by atoms with Gasteiger partial charge in [-0.25, -0.2) is 4.79 Å². The number of nitrogens with zero attached hydrogens (tertiary/aromatic N) is 3. The van der Waals surface area contributed by atoms with Crippen LogP contribution in [0.5, 0.6) is 0 Å². The average molecular weight is 457 g/mol. The Bertz CT molecular complexity index is 752. The minimum absolute atomic E-state index is 0.0664. The van der Waals surface area contributed by atoms with Crippen LogP contribution in [0.25, 0.3) is 0 Å². The van der Waals surface area contributed by atoms with Crippen LogP contribution >= 0.6 is 0 Å². The summed E-state index contributed by atoms with van der Waals surface area (Å²) in [6.45, 7) is 12.7. The SMILES string of the molecule is CO[C@H]1CCCC(N2CCN(C(C)C)CC2)C1NC(=O)N1CCC(c2ccc(C)cc2)CC1. The summed E-state index contributed by atoms with van der Waals surface area (Å²) in [5.74, 6) is 0.557. The standard InChI is InChI=1S/C27H44N4O2/c1-20(2)29-16-18-30(19-17-29)24-6-5-7-25(33-4)26(24)28-27(32)31-14-12-23(13-15-31)22-10-8-21(3)9-11-22/h8-11,20,23-26H,5-7,12-19H2,1-4H3,(H,28,32)/t24?,25-,26?/m0/s1. The minimum Gasteiger partial charge on any atom is -0.379 e. The molecule has 2 aliphatic heterocycles. The zero-order valence-electron chi connectivity index (χ0n) is 21.1. The molecule has 33 heavy (non-hydrogen) atoms. The lowest BCUT2D eigenvalue weighted by atomic mass is 9.86. The Morgan fingerprint density at radius 3 is 2.24 bits per heavy atom. The third kappa shape index (κ3) is 5.90. The molecule has 3 atom stereocenters. The van der Waals surface area contributed by atoms with E-state index >= 15 is 0 Å². The molecule has 2 heterocycles. The fourth-order valence-corrected chi connectivity index (χ4v) is 6.07. The van der Waals surface area contributed by atoms with Gasteiger partial charge in [-0.3, -0.25) is 9.80 Å². The summed E-state index contributed by atoms with van der Waals surface area (Å²) in [5.41, 5.74) is 2.71. The Hall–Kier alpha value is -1.63. The second-order valence-electron chi connectivity index (χ2n) is 10.6. The number of carbonyl (C=O) groups excluding carboxylic acids is 1. The van der Waals surface area contributed by atoms with Crippen LogP contribution in [0.4, 0.5) is 4.79 Å². The van der Waals surface area contributed by atoms with Crippen molar-refractivity contribution in [3.8, 4) is 0 Å². The second-order valence-corrected chi connectivity index (χ2v) is 10.6. The number of amides is 2. The molecule has 3 aliphatic rings. The van der Waals surface area contributed by atoms with Crippen LogP contribution < -0.4 is 5.32 Å². The van der Waals surface area contributed by atoms with Gasteiger partial charge in [0, 0.05) is 58.5 Å². The number of piperidine rings is 1. The smallest absolute Gasteiger partial charge is 0.317 e. The van der Waals surface area contributed by atoms with Crippen LogP contribution in [0.1, 0.15) is 63.0 Å². The van der Waals surface area contributed by atoms with Crippen molar-refractivity contribution in [2.24, 2.45) is 0 Å². The highest BCUT2D eigenvalue weighted by molar-refractivity contribution is 5.75. The predicted molar refractivity (Wildman–Crippen MR) is 134 cm³/mol. The summed E-state index contributed by atoms with van der Waals surface area (Å²) < 4.78 is 5.89. The number of rotatable bonds is 5. The molecule has 0 radical (unpaired) electrons. The number of hydrogen-bond donors (Lipinski definition) is 1. The lowest BCUT2D eigenvalue weighted by Crippen LogP contribution is -2.64. The summed E-state index contributed by atoms with van der Waals surface area (Å²) in [4.78, 5) is 20.5. The largest absolute Gasteiger partial charge is 0.379 e. The number of urea groups is 1. The zero-order valence-corrected chi connectivity index (χ0v) is 21.1. The fraction of sp³-hybridized carbons (Fsp3) is 0.741. The molecule has 1 aliphatic carbocycles. The molecule has 2 saturated heterocycles. The third-order valence-electron chi connectivity index (χ3n) is 8.28. The van der Waals surface area contributed by atoms with Crippen LogP contribution in [0.15, 0.2) is 24.3 Å². The Balaban J connectivity index is 1.35. The number of benzene rings is 1. The number of piperazine rings is 1. The maximum atomic E-state index is 13.3. The summed E-state index contributed by atoms with van der Waals surface area (Å²) in [7, 11) is 1.80. The van der Waals surface area contributed by atoms with Gasteiger partial charge in [-0.05, 0) is 64.4 Å². The van der Waals surface area contributed by atoms with Crippen LogP contribution in [0, 0.1) is 6.92 Å². The van der Waals surface area contributed by atoms with E-state index in [1.165, 1.54) is 17.5 Å². The molecule has 1 aromatic rings. The topological polar surface area (TPSA) is 48.1 Å². The molecule has 184 valence electrons. The van der Waals surface area contributed by atoms with Gasteiger partial charge < -0.3 is 15.0 Å². The minimum atomic E-state index is 0.0664. The summed E-state index contributed by atoms with van der Waals surface area (Å²) >= 11 is 0. The quantitative estimate of drug-likeness (QED) is 0.731. The van der Waals surface area contributed by atoms with E-state index in [2.05, 4.69) is 60.2 Å². The van der Waals surface area contributed by atoms with Crippen molar-refractivity contribution in [2.75, 3.05) is 46.4 Å². The lowest BCUT2D eigenvalue weighted by molar-refractivity contribution is -0.0180. The first kappa shape index (κ1) is 24.5. The Labute approximate surface area is 200 Å². The van der Waals surface area contributed by atoms with Crippen LogP contribution in [-0.4, -0.2) is 91.3 Å². The van der Waals surface area contributed by atoms with E-state index < -0.39 is 0 Å². The monoisotopic (exact) mass is 456 g/mol. The number of carbonyl (C=O) groups is 1. The van der Waals surface area contributed by atoms with E-state index in [4.69, 9.17) is 4.74 Å². The molecular formula is C27H44N4O2. The van der Waals surface area contributed by atoms with Crippen molar-refractivity contribution < 1.29 is 9.53 Å². The first-order valence-electron chi connectivity index (χ1n) is 13.1. The van der Waals surface area contributed by atoms with Crippen LogP contribution in [0.3, 0.4) is 0 Å². The Kier molecular flexibility index (Phi) is 8.31. The Morgan fingerprint density at radius 1 is 0.970 bits per heavy atom. The number of likely N-dealkylation sites (tertiary alicyclic amines) is 1. The molecule has 3 fully saturated rings. The van der Waals surface area contributed by atoms with Crippen molar-refractivity contribution in [1.82, 2.24) is 20.0 Å².